The van der Waals surface area contributed by atoms with Crippen molar-refractivity contribution in [2.24, 2.45) is 0 Å². The van der Waals surface area contributed by atoms with E-state index in [-0.39, 0.29) is 11.5 Å². The van der Waals surface area contributed by atoms with E-state index in [0.29, 0.717) is 27.0 Å². The molecule has 1 aromatic heterocycles. The molecule has 0 bridgehead atoms. The number of anilines is 1. The lowest BCUT2D eigenvalue weighted by molar-refractivity contribution is -0.113. The summed E-state index contributed by atoms with van der Waals surface area (Å²) in [5, 5.41) is 19.7. The number of nitrogens with zero attached hydrogens (tertiary/aromatic N) is 3. The monoisotopic (exact) mass is 495 g/mol. The average molecular weight is 496 g/mol. The standard InChI is InChI=1S/C27H17N3O3S2/c28-14-18-6-1-2-7-19(18)15-29-16-20(22-10-3-4-11-23(22)29)13-24-25(31)30(27(34)35-24)21-9-5-8-17(12-21)26(32)33/h1-13,16H,15H2,(H,32,33)/b24-13+. The Hall–Kier alpha value is -4.19. The van der Waals surface area contributed by atoms with E-state index in [1.54, 1.807) is 18.2 Å². The van der Waals surface area contributed by atoms with Crippen molar-refractivity contribution in [3.8, 4) is 6.07 Å². The average Bonchev–Trinajstić information content (AvgIpc) is 3.35. The fourth-order valence-corrected chi connectivity index (χ4v) is 5.37. The fraction of sp³-hybridized carbons (Fsp3) is 0.0370. The zero-order valence-electron chi connectivity index (χ0n) is 18.2. The Labute approximate surface area is 210 Å². The quantitative estimate of drug-likeness (QED) is 0.284. The van der Waals surface area contributed by atoms with Gasteiger partial charge >= 0.3 is 5.97 Å². The second-order valence-corrected chi connectivity index (χ2v) is 9.55. The summed E-state index contributed by atoms with van der Waals surface area (Å²) in [4.78, 5) is 26.5. The molecular formula is C27H17N3O3S2. The number of nitriles is 1. The molecule has 5 rings (SSSR count). The van der Waals surface area contributed by atoms with Crippen LogP contribution < -0.4 is 4.90 Å². The number of carbonyl (C=O) groups excluding carboxylic acids is 1. The number of hydrogen-bond acceptors (Lipinski definition) is 5. The fourth-order valence-electron chi connectivity index (χ4n) is 4.08. The maximum absolute atomic E-state index is 13.3. The summed E-state index contributed by atoms with van der Waals surface area (Å²) >= 11 is 6.64. The Bertz CT molecular complexity index is 1600. The van der Waals surface area contributed by atoms with Gasteiger partial charge in [-0.05, 0) is 42.0 Å². The van der Waals surface area contributed by atoms with Crippen LogP contribution in [0.25, 0.3) is 17.0 Å². The number of thiocarbonyl (C=S) groups is 1. The van der Waals surface area contributed by atoms with Crippen LogP contribution in [0.2, 0.25) is 0 Å². The number of amides is 1. The molecule has 1 aliphatic heterocycles. The highest BCUT2D eigenvalue weighted by Crippen LogP contribution is 2.37. The van der Waals surface area contributed by atoms with Gasteiger partial charge in [-0.25, -0.2) is 4.79 Å². The molecule has 8 heteroatoms. The second kappa shape index (κ2) is 9.22. The van der Waals surface area contributed by atoms with Crippen LogP contribution in [0.5, 0.6) is 0 Å². The topological polar surface area (TPSA) is 86.3 Å². The van der Waals surface area contributed by atoms with Gasteiger partial charge in [0.2, 0.25) is 0 Å². The molecule has 35 heavy (non-hydrogen) atoms. The van der Waals surface area contributed by atoms with Gasteiger partial charge in [0.25, 0.3) is 5.91 Å². The molecule has 0 aliphatic carbocycles. The predicted octanol–water partition coefficient (Wildman–Crippen LogP) is 5.67. The summed E-state index contributed by atoms with van der Waals surface area (Å²) in [6.45, 7) is 0.515. The van der Waals surface area contributed by atoms with Crippen molar-refractivity contribution >= 4 is 62.8 Å². The maximum Gasteiger partial charge on any atom is 0.335 e. The number of benzene rings is 3. The molecule has 170 valence electrons. The lowest BCUT2D eigenvalue weighted by Gasteiger charge is -2.14. The number of carbonyl (C=O) groups is 2. The van der Waals surface area contributed by atoms with Crippen LogP contribution in [0, 0.1) is 11.3 Å². The molecule has 0 saturated carbocycles. The molecule has 0 radical (unpaired) electrons. The highest BCUT2D eigenvalue weighted by atomic mass is 32.2. The van der Waals surface area contributed by atoms with E-state index in [1.807, 2.05) is 54.7 Å². The van der Waals surface area contributed by atoms with Crippen molar-refractivity contribution in [2.75, 3.05) is 4.90 Å². The minimum atomic E-state index is -1.07. The number of aromatic carboxylic acids is 1. The molecule has 1 fully saturated rings. The van der Waals surface area contributed by atoms with Crippen molar-refractivity contribution in [2.45, 2.75) is 6.54 Å². The Morgan fingerprint density at radius 3 is 2.66 bits per heavy atom. The number of hydrogen-bond donors (Lipinski definition) is 1. The number of carboxylic acids is 1. The van der Waals surface area contributed by atoms with E-state index in [4.69, 9.17) is 12.2 Å². The number of rotatable bonds is 5. The zero-order chi connectivity index (χ0) is 24.5. The summed E-state index contributed by atoms with van der Waals surface area (Å²) in [5.74, 6) is -1.37. The molecule has 0 spiro atoms. The first-order chi connectivity index (χ1) is 17.0. The van der Waals surface area contributed by atoms with Gasteiger partial charge < -0.3 is 9.67 Å². The first-order valence-electron chi connectivity index (χ1n) is 10.6. The Morgan fingerprint density at radius 1 is 1.09 bits per heavy atom. The van der Waals surface area contributed by atoms with Crippen molar-refractivity contribution in [1.29, 1.82) is 5.26 Å². The van der Waals surface area contributed by atoms with E-state index in [0.717, 1.165) is 22.0 Å². The maximum atomic E-state index is 13.3. The first kappa shape index (κ1) is 22.6. The predicted molar refractivity (Wildman–Crippen MR) is 141 cm³/mol. The largest absolute Gasteiger partial charge is 0.478 e. The summed E-state index contributed by atoms with van der Waals surface area (Å²) in [6, 6.07) is 23.8. The van der Waals surface area contributed by atoms with Gasteiger partial charge in [-0.2, -0.15) is 5.26 Å². The number of carboxylic acid groups (broad SMARTS) is 1. The van der Waals surface area contributed by atoms with Crippen molar-refractivity contribution in [3.63, 3.8) is 0 Å². The number of para-hydroxylation sites is 1. The van der Waals surface area contributed by atoms with Gasteiger partial charge in [-0.15, -0.1) is 0 Å². The Kier molecular flexibility index (Phi) is 5.95. The number of fused-ring (bicyclic) bond motifs is 1. The summed E-state index contributed by atoms with van der Waals surface area (Å²) < 4.78 is 2.41. The van der Waals surface area contributed by atoms with Crippen LogP contribution >= 0.6 is 24.0 Å². The molecule has 3 aromatic carbocycles. The van der Waals surface area contributed by atoms with E-state index in [2.05, 4.69) is 10.6 Å². The van der Waals surface area contributed by atoms with Gasteiger partial charge in [0.1, 0.15) is 0 Å². The van der Waals surface area contributed by atoms with Crippen LogP contribution in [0.15, 0.2) is 83.9 Å². The van der Waals surface area contributed by atoms with Crippen LogP contribution in [0.4, 0.5) is 5.69 Å². The van der Waals surface area contributed by atoms with E-state index < -0.39 is 5.97 Å². The lowest BCUT2D eigenvalue weighted by atomic mass is 10.1. The van der Waals surface area contributed by atoms with Crippen LogP contribution in [-0.4, -0.2) is 25.9 Å². The lowest BCUT2D eigenvalue weighted by Crippen LogP contribution is -2.27. The van der Waals surface area contributed by atoms with Crippen molar-refractivity contribution < 1.29 is 14.7 Å². The van der Waals surface area contributed by atoms with Crippen molar-refractivity contribution in [1.82, 2.24) is 4.57 Å². The van der Waals surface area contributed by atoms with Gasteiger partial charge in [0.15, 0.2) is 4.32 Å². The first-order valence-corrected chi connectivity index (χ1v) is 11.9. The van der Waals surface area contributed by atoms with Gasteiger partial charge in [-0.3, -0.25) is 9.69 Å². The normalized spacial score (nSPS) is 14.6. The minimum Gasteiger partial charge on any atom is -0.478 e. The third kappa shape index (κ3) is 4.23. The molecule has 1 aliphatic rings. The number of aromatic nitrogens is 1. The second-order valence-electron chi connectivity index (χ2n) is 7.87. The van der Waals surface area contributed by atoms with Crippen LogP contribution in [0.1, 0.15) is 27.0 Å². The molecule has 2 heterocycles. The summed E-state index contributed by atoms with van der Waals surface area (Å²) in [5.41, 5.74) is 3.88. The highest BCUT2D eigenvalue weighted by molar-refractivity contribution is 8.27. The molecule has 1 amide bonds. The molecule has 4 aromatic rings. The smallest absolute Gasteiger partial charge is 0.335 e. The third-order valence-electron chi connectivity index (χ3n) is 5.73. The SMILES string of the molecule is N#Cc1ccccc1Cn1cc(/C=C2/SC(=S)N(c3cccc(C(=O)O)c3)C2=O)c2ccccc21. The Balaban J connectivity index is 1.53. The molecule has 1 saturated heterocycles. The number of thioether (sulfide) groups is 1. The molecular weight excluding hydrogens is 478 g/mol. The van der Waals surface area contributed by atoms with Crippen molar-refractivity contribution in [3.05, 3.63) is 106 Å². The molecule has 1 N–H and O–H groups in total. The van der Waals surface area contributed by atoms with Gasteiger partial charge in [0.05, 0.1) is 27.8 Å². The summed E-state index contributed by atoms with van der Waals surface area (Å²) in [6.07, 6.45) is 3.78. The highest BCUT2D eigenvalue weighted by Gasteiger charge is 2.33. The third-order valence-corrected chi connectivity index (χ3v) is 7.03. The van der Waals surface area contributed by atoms with Gasteiger partial charge in [-0.1, -0.05) is 66.4 Å². The van der Waals surface area contributed by atoms with Gasteiger partial charge in [0, 0.05) is 29.2 Å². The van der Waals surface area contributed by atoms with Crippen LogP contribution in [-0.2, 0) is 11.3 Å². The minimum absolute atomic E-state index is 0.0845. The van der Waals surface area contributed by atoms with E-state index >= 15 is 0 Å². The van der Waals surface area contributed by atoms with E-state index in [9.17, 15) is 20.0 Å². The van der Waals surface area contributed by atoms with Crippen LogP contribution in [0.3, 0.4) is 0 Å². The molecule has 0 unspecified atom stereocenters. The zero-order valence-corrected chi connectivity index (χ0v) is 19.8. The molecule has 0 atom stereocenters. The molecule has 6 nitrogen and oxygen atoms in total. The summed E-state index contributed by atoms with van der Waals surface area (Å²) in [7, 11) is 0. The Morgan fingerprint density at radius 2 is 1.86 bits per heavy atom. The van der Waals surface area contributed by atoms with E-state index in [1.165, 1.54) is 28.8 Å².